The van der Waals surface area contributed by atoms with Crippen molar-refractivity contribution in [3.8, 4) is 5.75 Å². The number of H-pyrrole nitrogens is 1. The Kier molecular flexibility index (Phi) is 6.89. The zero-order valence-electron chi connectivity index (χ0n) is 17.3. The standard InChI is InChI=1S/C22H25NO7/c1-13-19(22(26)27-3)14(2)23-20(13)18(24)12-30-21(25)15-6-8-16(9-7-15)29-11-17-5-4-10-28-17/h6-9,17,23H,4-5,10-12H2,1-3H3. The fraction of sp³-hybridized carbons (Fsp3) is 0.409. The maximum absolute atomic E-state index is 12.5. The Labute approximate surface area is 174 Å². The number of hydrogen-bond donors (Lipinski definition) is 1. The summed E-state index contributed by atoms with van der Waals surface area (Å²) in [6.07, 6.45) is 2.14. The van der Waals surface area contributed by atoms with Gasteiger partial charge in [-0.05, 0) is 56.5 Å². The minimum atomic E-state index is -0.622. The average molecular weight is 415 g/mol. The van der Waals surface area contributed by atoms with Gasteiger partial charge in [-0.25, -0.2) is 9.59 Å². The molecular weight excluding hydrogens is 390 g/mol. The van der Waals surface area contributed by atoms with E-state index in [0.29, 0.717) is 34.7 Å². The first-order chi connectivity index (χ1) is 14.4. The highest BCUT2D eigenvalue weighted by atomic mass is 16.5. The molecular formula is C22H25NO7. The van der Waals surface area contributed by atoms with E-state index in [4.69, 9.17) is 18.9 Å². The maximum atomic E-state index is 12.5. The fourth-order valence-electron chi connectivity index (χ4n) is 3.38. The summed E-state index contributed by atoms with van der Waals surface area (Å²) in [5, 5.41) is 0. The third-order valence-corrected chi connectivity index (χ3v) is 4.99. The SMILES string of the molecule is COC(=O)c1c(C)[nH]c(C(=O)COC(=O)c2ccc(OCC3CCCO3)cc2)c1C. The van der Waals surface area contributed by atoms with E-state index in [1.807, 2.05) is 0 Å². The summed E-state index contributed by atoms with van der Waals surface area (Å²) >= 11 is 0. The van der Waals surface area contributed by atoms with Gasteiger partial charge in [0.1, 0.15) is 12.4 Å². The first kappa shape index (κ1) is 21.6. The molecule has 1 saturated heterocycles. The van der Waals surface area contributed by atoms with Crippen molar-refractivity contribution >= 4 is 17.7 Å². The largest absolute Gasteiger partial charge is 0.491 e. The Morgan fingerprint density at radius 3 is 2.50 bits per heavy atom. The summed E-state index contributed by atoms with van der Waals surface area (Å²) in [7, 11) is 1.27. The van der Waals surface area contributed by atoms with Gasteiger partial charge < -0.3 is 23.9 Å². The number of ketones is 1. The number of aromatic amines is 1. The molecule has 1 aromatic heterocycles. The second-order valence-corrected chi connectivity index (χ2v) is 7.09. The van der Waals surface area contributed by atoms with Crippen LogP contribution in [0.15, 0.2) is 24.3 Å². The summed E-state index contributed by atoms with van der Waals surface area (Å²) in [5.41, 5.74) is 1.83. The number of nitrogens with one attached hydrogen (secondary N) is 1. The lowest BCUT2D eigenvalue weighted by Crippen LogP contribution is -2.17. The van der Waals surface area contributed by atoms with Crippen LogP contribution in [0, 0.1) is 13.8 Å². The molecule has 0 bridgehead atoms. The number of esters is 2. The lowest BCUT2D eigenvalue weighted by Gasteiger charge is -2.11. The minimum Gasteiger partial charge on any atom is -0.491 e. The summed E-state index contributed by atoms with van der Waals surface area (Å²) in [5.74, 6) is -0.955. The van der Waals surface area contributed by atoms with E-state index in [1.165, 1.54) is 7.11 Å². The zero-order chi connectivity index (χ0) is 21.7. The van der Waals surface area contributed by atoms with Gasteiger partial charge in [0, 0.05) is 12.3 Å². The van der Waals surface area contributed by atoms with Gasteiger partial charge >= 0.3 is 11.9 Å². The molecule has 1 aliphatic heterocycles. The summed E-state index contributed by atoms with van der Waals surface area (Å²) in [6, 6.07) is 6.51. The van der Waals surface area contributed by atoms with E-state index in [9.17, 15) is 14.4 Å². The van der Waals surface area contributed by atoms with Crippen molar-refractivity contribution in [1.29, 1.82) is 0 Å². The fourth-order valence-corrected chi connectivity index (χ4v) is 3.38. The number of aromatic nitrogens is 1. The number of carbonyl (C=O) groups excluding carboxylic acids is 3. The zero-order valence-corrected chi connectivity index (χ0v) is 17.3. The molecule has 160 valence electrons. The molecule has 0 saturated carbocycles. The molecule has 1 unspecified atom stereocenters. The van der Waals surface area contributed by atoms with Crippen LogP contribution in [0.5, 0.6) is 5.75 Å². The predicted molar refractivity (Wildman–Crippen MR) is 107 cm³/mol. The molecule has 0 radical (unpaired) electrons. The van der Waals surface area contributed by atoms with E-state index in [2.05, 4.69) is 4.98 Å². The smallest absolute Gasteiger partial charge is 0.339 e. The van der Waals surface area contributed by atoms with Crippen LogP contribution in [0.4, 0.5) is 0 Å². The van der Waals surface area contributed by atoms with Gasteiger partial charge in [0.2, 0.25) is 5.78 Å². The Balaban J connectivity index is 1.55. The predicted octanol–water partition coefficient (Wildman–Crippen LogP) is 3.02. The number of ether oxygens (including phenoxy) is 4. The van der Waals surface area contributed by atoms with E-state index < -0.39 is 24.3 Å². The number of Topliss-reactive ketones (excluding diaryl/α,β-unsaturated/α-hetero) is 1. The van der Waals surface area contributed by atoms with Crippen molar-refractivity contribution in [2.75, 3.05) is 26.9 Å². The first-order valence-electron chi connectivity index (χ1n) is 9.73. The highest BCUT2D eigenvalue weighted by Crippen LogP contribution is 2.20. The van der Waals surface area contributed by atoms with Gasteiger partial charge in [0.15, 0.2) is 6.61 Å². The summed E-state index contributed by atoms with van der Waals surface area (Å²) < 4.78 is 21.0. The van der Waals surface area contributed by atoms with E-state index in [1.54, 1.807) is 38.1 Å². The molecule has 8 nitrogen and oxygen atoms in total. The number of aryl methyl sites for hydroxylation is 1. The number of rotatable bonds is 8. The average Bonchev–Trinajstić information content (AvgIpc) is 3.37. The van der Waals surface area contributed by atoms with Crippen LogP contribution in [0.1, 0.15) is 55.3 Å². The number of benzene rings is 1. The molecule has 2 heterocycles. The lowest BCUT2D eigenvalue weighted by atomic mass is 10.1. The van der Waals surface area contributed by atoms with Gasteiger partial charge in [-0.1, -0.05) is 0 Å². The number of methoxy groups -OCH3 is 1. The third kappa shape index (κ3) is 4.88. The minimum absolute atomic E-state index is 0.112. The van der Waals surface area contributed by atoms with E-state index >= 15 is 0 Å². The van der Waals surface area contributed by atoms with Gasteiger partial charge in [-0.3, -0.25) is 4.79 Å². The summed E-state index contributed by atoms with van der Waals surface area (Å²) in [4.78, 5) is 39.4. The highest BCUT2D eigenvalue weighted by Gasteiger charge is 2.23. The molecule has 0 spiro atoms. The van der Waals surface area contributed by atoms with Crippen molar-refractivity contribution in [3.05, 3.63) is 52.3 Å². The van der Waals surface area contributed by atoms with Crippen LogP contribution in [0.25, 0.3) is 0 Å². The van der Waals surface area contributed by atoms with Crippen molar-refractivity contribution in [3.63, 3.8) is 0 Å². The van der Waals surface area contributed by atoms with Gasteiger partial charge in [-0.15, -0.1) is 0 Å². The molecule has 1 aromatic carbocycles. The molecule has 2 aromatic rings. The van der Waals surface area contributed by atoms with Crippen molar-refractivity contribution in [1.82, 2.24) is 4.98 Å². The molecule has 0 aliphatic carbocycles. The normalized spacial score (nSPS) is 15.6. The van der Waals surface area contributed by atoms with Gasteiger partial charge in [-0.2, -0.15) is 0 Å². The second kappa shape index (κ2) is 9.58. The van der Waals surface area contributed by atoms with Gasteiger partial charge in [0.05, 0.1) is 30.0 Å². The third-order valence-electron chi connectivity index (χ3n) is 4.99. The molecule has 0 amide bonds. The molecule has 1 fully saturated rings. The highest BCUT2D eigenvalue weighted by molar-refractivity contribution is 6.03. The van der Waals surface area contributed by atoms with Crippen LogP contribution < -0.4 is 4.74 Å². The topological polar surface area (TPSA) is 104 Å². The lowest BCUT2D eigenvalue weighted by molar-refractivity contribution is 0.0472. The van der Waals surface area contributed by atoms with Crippen molar-refractivity contribution in [2.24, 2.45) is 0 Å². The molecule has 1 aliphatic rings. The van der Waals surface area contributed by atoms with Crippen molar-refractivity contribution < 1.29 is 33.3 Å². The van der Waals surface area contributed by atoms with Crippen molar-refractivity contribution in [2.45, 2.75) is 32.8 Å². The number of carbonyl (C=O) groups is 3. The molecule has 1 atom stereocenters. The molecule has 30 heavy (non-hydrogen) atoms. The number of hydrogen-bond acceptors (Lipinski definition) is 7. The summed E-state index contributed by atoms with van der Waals surface area (Å²) in [6.45, 7) is 4.10. The maximum Gasteiger partial charge on any atom is 0.339 e. The van der Waals surface area contributed by atoms with E-state index in [0.717, 1.165) is 19.4 Å². The Bertz CT molecular complexity index is 924. The molecule has 8 heteroatoms. The Hall–Kier alpha value is -3.13. The van der Waals surface area contributed by atoms with Crippen LogP contribution >= 0.6 is 0 Å². The van der Waals surface area contributed by atoms with Gasteiger partial charge in [0.25, 0.3) is 0 Å². The first-order valence-corrected chi connectivity index (χ1v) is 9.73. The van der Waals surface area contributed by atoms with E-state index in [-0.39, 0.29) is 11.8 Å². The second-order valence-electron chi connectivity index (χ2n) is 7.09. The molecule has 3 rings (SSSR count). The van der Waals surface area contributed by atoms with Crippen LogP contribution in [-0.4, -0.2) is 55.7 Å². The quantitative estimate of drug-likeness (QED) is 0.522. The Morgan fingerprint density at radius 1 is 1.13 bits per heavy atom. The Morgan fingerprint density at radius 2 is 1.87 bits per heavy atom. The van der Waals surface area contributed by atoms with Crippen LogP contribution in [0.3, 0.4) is 0 Å². The van der Waals surface area contributed by atoms with Crippen LogP contribution in [-0.2, 0) is 14.2 Å². The van der Waals surface area contributed by atoms with Crippen LogP contribution in [0.2, 0.25) is 0 Å². The molecule has 1 N–H and O–H groups in total. The monoisotopic (exact) mass is 415 g/mol.